The minimum atomic E-state index is -1.42. The highest BCUT2D eigenvalue weighted by molar-refractivity contribution is 6.32. The smallest absolute Gasteiger partial charge is 0.303 e. The van der Waals surface area contributed by atoms with Gasteiger partial charge in [0.15, 0.2) is 28.9 Å². The molecular weight excluding hydrogens is 1560 g/mol. The molecule has 33 nitrogen and oxygen atoms in total. The fourth-order valence-electron chi connectivity index (χ4n) is 14.1. The standard InChI is InChI=1S/C85H120ClN13O20/c1-7-48(6)77(74(108)39-54(19-26-75(91)109)78(112)92-43-51-10-12-52(13-11-51)44-93-83(117)64(89)28-30-87)98-82(116)58(33-49-14-21-59(100)22-15-49)40-71(105)66(8-2)95-81(115)56(32-47(4)5)37-61(102)45-94-79(113)57(34-53-18-25-70(104)63(86)35-53)41-73(107)69-42-62(103)46-99(69)85(119)67(9-3)96-80(114)55(20-27-76(110)111)38-72(106)68(97-84(118)65(90)29-31-88)36-50-16-23-60(101)24-17-50/h10-18,21-25,35,47-48,54-58,62,64-69,77,100-101,103-104H,7-9,19-20,26-34,36-46,87-90H2,1-6H3,(H2,91,109)(H,92,112)(H,93,117)(H,94,113)(H,95,115)(H,96,114)(H,97,118)(H,98,116)(H,110,111)/t48-,54+,55-,56+,57?,58+,62?,64-,65-,66-,67-,68-,69-,77-/m0/s1. The van der Waals surface area contributed by atoms with E-state index < -0.39 is 224 Å². The SMILES string of the molecule is CC[C@H](NC(=O)[C@@H](CC(=O)CNC(=O)C(CC(=O)[C@@H]1CC(O)CN1C(=O)[C@H](CC)NC(=O)[C@@H](CCC(=O)O)CC(=O)[C@H](Cc1ccc(O)cc1)NC(=O)[C@@H](N)CCN)Cc1ccc(O)c(Cl)c1)CC(C)C)C(=O)C[C@@H](Cc1ccc(O)cc1)C(=O)N[C@H](C(=O)C[C@@H](CCC(N)=O)C(=O)NCc1ccc(CNC(=O)[C@@H](N)CCN)cc1)[C@@H](C)CC. The van der Waals surface area contributed by atoms with E-state index in [0.717, 1.165) is 10.5 Å². The molecule has 22 N–H and O–H groups in total. The Bertz CT molecular complexity index is 4130. The Morgan fingerprint density at radius 3 is 1.50 bits per heavy atom. The van der Waals surface area contributed by atoms with Crippen molar-refractivity contribution in [2.45, 2.75) is 225 Å². The molecule has 1 aliphatic heterocycles. The molecule has 1 saturated heterocycles. The summed E-state index contributed by atoms with van der Waals surface area (Å²) in [7, 11) is 0. The molecule has 4 aromatic rings. The predicted octanol–water partition coefficient (Wildman–Crippen LogP) is 2.71. The van der Waals surface area contributed by atoms with Crippen LogP contribution in [-0.2, 0) is 104 Å². The zero-order chi connectivity index (χ0) is 88.3. The molecule has 1 aliphatic rings. The zero-order valence-electron chi connectivity index (χ0n) is 68.6. The van der Waals surface area contributed by atoms with Gasteiger partial charge in [-0.05, 0) is 153 Å². The van der Waals surface area contributed by atoms with E-state index in [-0.39, 0.29) is 124 Å². The Hall–Kier alpha value is -10.6. The number of ketones is 5. The lowest BCUT2D eigenvalue weighted by atomic mass is 9.86. The summed E-state index contributed by atoms with van der Waals surface area (Å²) in [5.74, 6) is -18.0. The number of phenols is 3. The van der Waals surface area contributed by atoms with Crippen molar-refractivity contribution in [3.8, 4) is 17.2 Å². The number of hydrogen-bond acceptors (Lipinski definition) is 23. The van der Waals surface area contributed by atoms with Gasteiger partial charge in [0, 0.05) is 101 Å². The van der Waals surface area contributed by atoms with Gasteiger partial charge in [-0.25, -0.2) is 0 Å². The number of likely N-dealkylation sites (tertiary alicyclic amines) is 1. The Morgan fingerprint density at radius 2 is 0.958 bits per heavy atom. The van der Waals surface area contributed by atoms with Gasteiger partial charge in [0.2, 0.25) is 53.2 Å². The van der Waals surface area contributed by atoms with Crippen LogP contribution in [0.4, 0.5) is 0 Å². The first-order valence-corrected chi connectivity index (χ1v) is 40.9. The fraction of sp³-hybridized carbons (Fsp3) is 0.541. The number of carboxylic acid groups (broad SMARTS) is 1. The molecule has 119 heavy (non-hydrogen) atoms. The molecule has 14 atom stereocenters. The third-order valence-electron chi connectivity index (χ3n) is 21.3. The second-order valence-electron chi connectivity index (χ2n) is 31.3. The average molecular weight is 1680 g/mol. The number of nitrogens with two attached hydrogens (primary N) is 5. The van der Waals surface area contributed by atoms with Crippen molar-refractivity contribution in [2.24, 2.45) is 70.1 Å². The van der Waals surface area contributed by atoms with Crippen molar-refractivity contribution >= 4 is 99.7 Å². The van der Waals surface area contributed by atoms with E-state index in [1.54, 1.807) is 71.0 Å². The average Bonchev–Trinajstić information content (AvgIpc) is 1.70. The Balaban J connectivity index is 1.30. The molecule has 0 radical (unpaired) electrons. The van der Waals surface area contributed by atoms with E-state index in [4.69, 9.17) is 40.3 Å². The lowest BCUT2D eigenvalue weighted by Crippen LogP contribution is -2.53. The van der Waals surface area contributed by atoms with Crippen LogP contribution in [0.2, 0.25) is 5.02 Å². The number of β-amino-alcohol motifs (C(OH)–C–C–N with tert-alkyl or cyclic N) is 1. The number of Topliss-reactive ketones (excluding diaryl/α,β-unsaturated/α-hetero) is 5. The quantitative estimate of drug-likeness (QED) is 0.0302. The second-order valence-corrected chi connectivity index (χ2v) is 31.7. The first-order chi connectivity index (χ1) is 56.4. The van der Waals surface area contributed by atoms with Gasteiger partial charge in [-0.1, -0.05) is 114 Å². The lowest BCUT2D eigenvalue weighted by molar-refractivity contribution is -0.143. The van der Waals surface area contributed by atoms with E-state index in [1.165, 1.54) is 61.5 Å². The second kappa shape index (κ2) is 49.7. The highest BCUT2D eigenvalue weighted by Gasteiger charge is 2.44. The number of aromatic hydroxyl groups is 3. The van der Waals surface area contributed by atoms with Crippen molar-refractivity contribution in [2.75, 3.05) is 26.2 Å². The van der Waals surface area contributed by atoms with E-state index in [2.05, 4.69) is 37.2 Å². The largest absolute Gasteiger partial charge is 0.508 e. The number of amides is 9. The van der Waals surface area contributed by atoms with Crippen molar-refractivity contribution in [1.82, 2.24) is 42.1 Å². The van der Waals surface area contributed by atoms with Gasteiger partial charge in [-0.15, -0.1) is 0 Å². The number of carbonyl (C=O) groups excluding carboxylic acids is 14. The molecule has 0 saturated carbocycles. The first kappa shape index (κ1) is 99.0. The highest BCUT2D eigenvalue weighted by Crippen LogP contribution is 2.30. The number of aliphatic hydroxyl groups excluding tert-OH is 1. The maximum atomic E-state index is 14.8. The minimum Gasteiger partial charge on any atom is -0.508 e. The highest BCUT2D eigenvalue weighted by atomic mass is 35.5. The number of benzene rings is 4. The number of carboxylic acids is 1. The van der Waals surface area contributed by atoms with Crippen LogP contribution < -0.4 is 65.9 Å². The monoisotopic (exact) mass is 1680 g/mol. The lowest BCUT2D eigenvalue weighted by Gasteiger charge is -2.30. The summed E-state index contributed by atoms with van der Waals surface area (Å²) in [5, 5.41) is 70.1. The van der Waals surface area contributed by atoms with Crippen LogP contribution in [0.3, 0.4) is 0 Å². The molecule has 34 heteroatoms. The third kappa shape index (κ3) is 33.3. The molecule has 652 valence electrons. The summed E-state index contributed by atoms with van der Waals surface area (Å²) in [6.07, 6.45) is -5.12. The summed E-state index contributed by atoms with van der Waals surface area (Å²) in [6.45, 7) is 9.76. The molecule has 0 spiro atoms. The Morgan fingerprint density at radius 1 is 0.496 bits per heavy atom. The number of nitrogens with zero attached hydrogens (tertiary/aromatic N) is 1. The summed E-state index contributed by atoms with van der Waals surface area (Å²) in [4.78, 5) is 209. The van der Waals surface area contributed by atoms with Gasteiger partial charge in [0.05, 0.1) is 53.9 Å². The molecule has 0 aromatic heterocycles. The number of hydrogen-bond donors (Lipinski definition) is 17. The van der Waals surface area contributed by atoms with Crippen LogP contribution in [0.1, 0.15) is 172 Å². The van der Waals surface area contributed by atoms with Crippen molar-refractivity contribution in [1.29, 1.82) is 0 Å². The van der Waals surface area contributed by atoms with E-state index >= 15 is 0 Å². The number of primary amides is 1. The zero-order valence-corrected chi connectivity index (χ0v) is 69.3. The van der Waals surface area contributed by atoms with Crippen LogP contribution in [0.5, 0.6) is 17.2 Å². The molecule has 5 rings (SSSR count). The summed E-state index contributed by atoms with van der Waals surface area (Å²) in [5.41, 5.74) is 31.4. The minimum absolute atomic E-state index is 0.0204. The van der Waals surface area contributed by atoms with E-state index in [9.17, 15) is 97.5 Å². The molecular formula is C85H120ClN13O20. The molecule has 9 amide bonds. The first-order valence-electron chi connectivity index (χ1n) is 40.6. The van der Waals surface area contributed by atoms with Gasteiger partial charge in [-0.3, -0.25) is 71.9 Å². The fourth-order valence-corrected chi connectivity index (χ4v) is 14.3. The molecule has 2 unspecified atom stereocenters. The molecule has 0 bridgehead atoms. The van der Waals surface area contributed by atoms with Crippen LogP contribution in [0.25, 0.3) is 0 Å². The number of aliphatic hydroxyl groups is 1. The number of carbonyl (C=O) groups is 15. The number of nitrogens with one attached hydrogen (secondary N) is 7. The summed E-state index contributed by atoms with van der Waals surface area (Å²) < 4.78 is 0. The normalized spacial score (nSPS) is 16.3. The van der Waals surface area contributed by atoms with Crippen LogP contribution in [-0.4, -0.2) is 193 Å². The van der Waals surface area contributed by atoms with Crippen LogP contribution in [0.15, 0.2) is 91.0 Å². The van der Waals surface area contributed by atoms with E-state index in [1.807, 2.05) is 0 Å². The number of phenolic OH excluding ortho intramolecular Hbond substituents is 3. The third-order valence-corrected chi connectivity index (χ3v) is 21.6. The number of aliphatic carboxylic acids is 1. The molecule has 4 aromatic carbocycles. The van der Waals surface area contributed by atoms with Crippen LogP contribution in [0, 0.1) is 41.4 Å². The summed E-state index contributed by atoms with van der Waals surface area (Å²) >= 11 is 6.30. The van der Waals surface area contributed by atoms with Gasteiger partial charge in [-0.2, -0.15) is 0 Å². The predicted molar refractivity (Wildman–Crippen MR) is 441 cm³/mol. The topological polar surface area (TPSA) is 575 Å². The van der Waals surface area contributed by atoms with Crippen LogP contribution >= 0.6 is 11.6 Å². The maximum Gasteiger partial charge on any atom is 0.303 e. The van der Waals surface area contributed by atoms with Gasteiger partial charge in [0.1, 0.15) is 23.3 Å². The molecule has 1 fully saturated rings. The number of rotatable bonds is 54. The molecule has 1 heterocycles. The Labute approximate surface area is 698 Å². The van der Waals surface area contributed by atoms with E-state index in [0.29, 0.717) is 35.1 Å². The summed E-state index contributed by atoms with van der Waals surface area (Å²) in [6, 6.07) is 14.4. The van der Waals surface area contributed by atoms with Gasteiger partial charge in [0.25, 0.3) is 0 Å². The van der Waals surface area contributed by atoms with Gasteiger partial charge >= 0.3 is 5.97 Å². The number of halogens is 1. The van der Waals surface area contributed by atoms with Gasteiger partial charge < -0.3 is 96.3 Å². The van der Waals surface area contributed by atoms with Crippen molar-refractivity contribution in [3.05, 3.63) is 124 Å². The van der Waals surface area contributed by atoms with Crippen molar-refractivity contribution in [3.63, 3.8) is 0 Å². The maximum absolute atomic E-state index is 14.8. The Kier molecular flexibility index (Phi) is 41.4. The van der Waals surface area contributed by atoms with Crippen molar-refractivity contribution < 1.29 is 97.5 Å². The molecule has 0 aliphatic carbocycles.